The summed E-state index contributed by atoms with van der Waals surface area (Å²) in [6.45, 7) is 2.96. The molecule has 1 aromatic rings. The van der Waals surface area contributed by atoms with Gasteiger partial charge in [0.2, 0.25) is 0 Å². The number of aromatic amines is 1. The number of halogens is 3. The Labute approximate surface area is 72.2 Å². The molecule has 0 aliphatic heterocycles. The van der Waals surface area contributed by atoms with Gasteiger partial charge in [-0.2, -0.15) is 13.2 Å². The third-order valence-corrected chi connectivity index (χ3v) is 1.79. The smallest absolute Gasteiger partial charge is 0.291 e. The molecule has 0 atom stereocenters. The monoisotopic (exact) mass is 194 g/mol. The summed E-state index contributed by atoms with van der Waals surface area (Å²) in [6.07, 6.45) is -4.48. The van der Waals surface area contributed by atoms with Crippen LogP contribution in [0.5, 0.6) is 0 Å². The summed E-state index contributed by atoms with van der Waals surface area (Å²) in [7, 11) is 0. The van der Waals surface area contributed by atoms with Gasteiger partial charge in [-0.15, -0.1) is 0 Å². The van der Waals surface area contributed by atoms with E-state index in [0.29, 0.717) is 0 Å². The Morgan fingerprint density at radius 1 is 1.46 bits per heavy atom. The van der Waals surface area contributed by atoms with Crippen LogP contribution in [0.2, 0.25) is 0 Å². The Bertz CT molecular complexity index is 361. The Morgan fingerprint density at radius 2 is 2.00 bits per heavy atom. The third-order valence-electron chi connectivity index (χ3n) is 1.79. The normalized spacial score (nSPS) is 12.1. The molecule has 0 radical (unpaired) electrons. The molecule has 0 unspecified atom stereocenters. The Morgan fingerprint density at radius 3 is 2.23 bits per heavy atom. The zero-order valence-electron chi connectivity index (χ0n) is 7.20. The number of nitrogens with one attached hydrogen (secondary N) is 1. The molecule has 0 aliphatic carbocycles. The quantitative estimate of drug-likeness (QED) is 0.723. The molecule has 0 saturated heterocycles. The fourth-order valence-electron chi connectivity index (χ4n) is 1.08. The average molecular weight is 194 g/mol. The van der Waals surface area contributed by atoms with Crippen molar-refractivity contribution in [1.82, 2.24) is 9.78 Å². The van der Waals surface area contributed by atoms with E-state index < -0.39 is 17.4 Å². The van der Waals surface area contributed by atoms with Gasteiger partial charge >= 0.3 is 6.18 Å². The summed E-state index contributed by atoms with van der Waals surface area (Å²) in [6, 6.07) is 0. The fraction of sp³-hybridized carbons (Fsp3) is 0.571. The lowest BCUT2D eigenvalue weighted by Gasteiger charge is -2.03. The van der Waals surface area contributed by atoms with Crippen molar-refractivity contribution in [3.8, 4) is 0 Å². The number of aryl methyl sites for hydroxylation is 1. The first-order valence-electron chi connectivity index (χ1n) is 3.74. The van der Waals surface area contributed by atoms with E-state index in [1.54, 1.807) is 6.92 Å². The number of rotatable bonds is 1. The number of nitrogens with zero attached hydrogens (tertiary/aromatic N) is 1. The van der Waals surface area contributed by atoms with E-state index in [1.165, 1.54) is 0 Å². The second-order valence-electron chi connectivity index (χ2n) is 2.66. The van der Waals surface area contributed by atoms with Crippen molar-refractivity contribution < 1.29 is 13.2 Å². The third kappa shape index (κ3) is 1.61. The number of aromatic nitrogens is 2. The van der Waals surface area contributed by atoms with Crippen LogP contribution in [0.4, 0.5) is 13.2 Å². The molecule has 6 heteroatoms. The molecule has 0 spiro atoms. The number of hydrogen-bond donors (Lipinski definition) is 1. The minimum atomic E-state index is -4.48. The summed E-state index contributed by atoms with van der Waals surface area (Å²) in [5.41, 5.74) is -1.86. The van der Waals surface area contributed by atoms with E-state index in [2.05, 4.69) is 0 Å². The van der Waals surface area contributed by atoms with Crippen LogP contribution in [0, 0.1) is 6.92 Å². The number of H-pyrrole nitrogens is 1. The number of hydrogen-bond acceptors (Lipinski definition) is 1. The van der Waals surface area contributed by atoms with Crippen LogP contribution >= 0.6 is 0 Å². The number of alkyl halides is 3. The molecular weight excluding hydrogens is 185 g/mol. The second kappa shape index (κ2) is 2.93. The highest BCUT2D eigenvalue weighted by atomic mass is 19.4. The van der Waals surface area contributed by atoms with Crippen LogP contribution in [0.1, 0.15) is 18.2 Å². The van der Waals surface area contributed by atoms with Gasteiger partial charge in [0.05, 0.1) is 0 Å². The molecular formula is C7H9F3N2O. The van der Waals surface area contributed by atoms with Crippen molar-refractivity contribution in [1.29, 1.82) is 0 Å². The lowest BCUT2D eigenvalue weighted by atomic mass is 10.3. The van der Waals surface area contributed by atoms with Crippen molar-refractivity contribution in [3.63, 3.8) is 0 Å². The predicted molar refractivity (Wildman–Crippen MR) is 40.5 cm³/mol. The van der Waals surface area contributed by atoms with Crippen LogP contribution in [-0.4, -0.2) is 9.78 Å². The molecule has 0 aromatic carbocycles. The van der Waals surface area contributed by atoms with Crippen LogP contribution in [0.3, 0.4) is 0 Å². The zero-order chi connectivity index (χ0) is 10.2. The Kier molecular flexibility index (Phi) is 2.23. The van der Waals surface area contributed by atoms with Gasteiger partial charge in [-0.05, 0) is 13.8 Å². The molecule has 1 aromatic heterocycles. The molecule has 74 valence electrons. The first kappa shape index (κ1) is 9.88. The van der Waals surface area contributed by atoms with Crippen LogP contribution < -0.4 is 5.56 Å². The van der Waals surface area contributed by atoms with Crippen molar-refractivity contribution in [2.24, 2.45) is 0 Å². The average Bonchev–Trinajstić information content (AvgIpc) is 2.28. The maximum absolute atomic E-state index is 12.2. The molecule has 1 N–H and O–H groups in total. The van der Waals surface area contributed by atoms with Gasteiger partial charge in [-0.25, -0.2) is 0 Å². The fourth-order valence-corrected chi connectivity index (χ4v) is 1.08. The minimum Gasteiger partial charge on any atom is -0.291 e. The molecule has 3 nitrogen and oxygen atoms in total. The van der Waals surface area contributed by atoms with Crippen LogP contribution in [0.25, 0.3) is 0 Å². The van der Waals surface area contributed by atoms with Crippen molar-refractivity contribution in [2.75, 3.05) is 0 Å². The van der Waals surface area contributed by atoms with Gasteiger partial charge in [0.1, 0.15) is 5.69 Å². The Balaban J connectivity index is 3.34. The first-order valence-corrected chi connectivity index (χ1v) is 3.74. The standard InChI is InChI=1S/C7H9F3N2O/c1-3-12-6(13)4(2)5(11-12)7(8,9)10/h11H,3H2,1-2H3. The topological polar surface area (TPSA) is 37.8 Å². The minimum absolute atomic E-state index is 0.204. The lowest BCUT2D eigenvalue weighted by Crippen LogP contribution is -2.16. The van der Waals surface area contributed by atoms with Gasteiger partial charge in [0, 0.05) is 12.1 Å². The van der Waals surface area contributed by atoms with Gasteiger partial charge in [-0.3, -0.25) is 14.6 Å². The molecule has 0 aliphatic rings. The summed E-state index contributed by atoms with van der Waals surface area (Å²) in [4.78, 5) is 11.1. The molecule has 1 rings (SSSR count). The summed E-state index contributed by atoms with van der Waals surface area (Å²) in [5, 5.41) is 2.02. The van der Waals surface area contributed by atoms with E-state index in [1.807, 2.05) is 5.10 Å². The van der Waals surface area contributed by atoms with E-state index in [4.69, 9.17) is 0 Å². The van der Waals surface area contributed by atoms with Crippen molar-refractivity contribution in [3.05, 3.63) is 21.6 Å². The molecule has 13 heavy (non-hydrogen) atoms. The highest BCUT2D eigenvalue weighted by molar-refractivity contribution is 5.17. The summed E-state index contributed by atoms with van der Waals surface area (Å²) < 4.78 is 37.5. The largest absolute Gasteiger partial charge is 0.433 e. The van der Waals surface area contributed by atoms with E-state index in [-0.39, 0.29) is 12.1 Å². The summed E-state index contributed by atoms with van der Waals surface area (Å²) >= 11 is 0. The molecule has 0 bridgehead atoms. The van der Waals surface area contributed by atoms with Gasteiger partial charge < -0.3 is 0 Å². The maximum atomic E-state index is 12.2. The predicted octanol–water partition coefficient (Wildman–Crippen LogP) is 1.52. The van der Waals surface area contributed by atoms with Crippen molar-refractivity contribution >= 4 is 0 Å². The lowest BCUT2D eigenvalue weighted by molar-refractivity contribution is -0.141. The molecule has 0 amide bonds. The zero-order valence-corrected chi connectivity index (χ0v) is 7.20. The second-order valence-corrected chi connectivity index (χ2v) is 2.66. The summed E-state index contributed by atoms with van der Waals surface area (Å²) in [5.74, 6) is 0. The highest BCUT2D eigenvalue weighted by Crippen LogP contribution is 2.28. The highest BCUT2D eigenvalue weighted by Gasteiger charge is 2.36. The molecule has 0 saturated carbocycles. The van der Waals surface area contributed by atoms with Crippen LogP contribution in [-0.2, 0) is 12.7 Å². The van der Waals surface area contributed by atoms with Gasteiger partial charge in [0.25, 0.3) is 5.56 Å². The van der Waals surface area contributed by atoms with Gasteiger partial charge in [-0.1, -0.05) is 0 Å². The van der Waals surface area contributed by atoms with E-state index >= 15 is 0 Å². The first-order chi connectivity index (χ1) is 5.88. The van der Waals surface area contributed by atoms with Crippen molar-refractivity contribution in [2.45, 2.75) is 26.6 Å². The molecule has 1 heterocycles. The molecule has 0 fully saturated rings. The maximum Gasteiger partial charge on any atom is 0.433 e. The van der Waals surface area contributed by atoms with E-state index in [9.17, 15) is 18.0 Å². The Hall–Kier alpha value is -1.20. The SMILES string of the molecule is CCn1[nH]c(C(F)(F)F)c(C)c1=O. The van der Waals surface area contributed by atoms with Crippen LogP contribution in [0.15, 0.2) is 4.79 Å². The van der Waals surface area contributed by atoms with Gasteiger partial charge in [0.15, 0.2) is 0 Å². The van der Waals surface area contributed by atoms with E-state index in [0.717, 1.165) is 11.6 Å².